The van der Waals surface area contributed by atoms with Gasteiger partial charge in [-0.05, 0) is 23.1 Å². The van der Waals surface area contributed by atoms with E-state index in [4.69, 9.17) is 5.73 Å². The summed E-state index contributed by atoms with van der Waals surface area (Å²) < 4.78 is 0. The predicted molar refractivity (Wildman–Crippen MR) is 60.3 cm³/mol. The molecular formula is C12H18N2. The molecule has 0 radical (unpaired) electrons. The van der Waals surface area contributed by atoms with E-state index in [1.807, 2.05) is 0 Å². The number of nitrogens with zero attached hydrogens (tertiary/aromatic N) is 1. The fraction of sp³-hybridized carbons (Fsp3) is 0.500. The molecule has 2 N–H and O–H groups in total. The second-order valence-electron chi connectivity index (χ2n) is 4.89. The van der Waals surface area contributed by atoms with Crippen LogP contribution in [0.4, 0.5) is 5.69 Å². The van der Waals surface area contributed by atoms with Gasteiger partial charge in [0.25, 0.3) is 0 Å². The van der Waals surface area contributed by atoms with Gasteiger partial charge in [-0.15, -0.1) is 0 Å². The first-order valence-electron chi connectivity index (χ1n) is 5.15. The molecule has 0 amide bonds. The van der Waals surface area contributed by atoms with Crippen molar-refractivity contribution in [3.63, 3.8) is 0 Å². The van der Waals surface area contributed by atoms with Crippen molar-refractivity contribution in [2.45, 2.75) is 20.4 Å². The molecule has 1 aliphatic rings. The highest BCUT2D eigenvalue weighted by Gasteiger charge is 2.33. The highest BCUT2D eigenvalue weighted by molar-refractivity contribution is 5.51. The summed E-state index contributed by atoms with van der Waals surface area (Å²) in [4.78, 5) is 2.40. The minimum atomic E-state index is 0.485. The van der Waals surface area contributed by atoms with Crippen LogP contribution in [0, 0.1) is 5.41 Å². The van der Waals surface area contributed by atoms with Crippen LogP contribution in [0.15, 0.2) is 24.3 Å². The number of hydrogen-bond acceptors (Lipinski definition) is 2. The summed E-state index contributed by atoms with van der Waals surface area (Å²) in [6.45, 7) is 7.54. The molecule has 1 fully saturated rings. The summed E-state index contributed by atoms with van der Waals surface area (Å²) in [5.74, 6) is 0. The lowest BCUT2D eigenvalue weighted by Crippen LogP contribution is -2.53. The average molecular weight is 190 g/mol. The van der Waals surface area contributed by atoms with Crippen LogP contribution >= 0.6 is 0 Å². The standard InChI is InChI=1S/C12H18N2/c1-12(2)8-14(9-12)11-5-3-4-10(6-11)7-13/h3-6H,7-9,13H2,1-2H3. The van der Waals surface area contributed by atoms with Gasteiger partial charge in [0.1, 0.15) is 0 Å². The van der Waals surface area contributed by atoms with Crippen molar-refractivity contribution >= 4 is 5.69 Å². The third-order valence-electron chi connectivity index (χ3n) is 2.75. The highest BCUT2D eigenvalue weighted by Crippen LogP contribution is 2.33. The molecule has 0 aromatic heterocycles. The fourth-order valence-electron chi connectivity index (χ4n) is 2.05. The van der Waals surface area contributed by atoms with E-state index in [-0.39, 0.29) is 0 Å². The molecule has 0 saturated carbocycles. The topological polar surface area (TPSA) is 29.3 Å². The van der Waals surface area contributed by atoms with Gasteiger partial charge in [0.2, 0.25) is 0 Å². The Morgan fingerprint density at radius 1 is 1.36 bits per heavy atom. The van der Waals surface area contributed by atoms with Gasteiger partial charge < -0.3 is 10.6 Å². The molecule has 1 saturated heterocycles. The van der Waals surface area contributed by atoms with Crippen molar-refractivity contribution in [1.29, 1.82) is 0 Å². The zero-order chi connectivity index (χ0) is 10.2. The number of benzene rings is 1. The molecule has 2 rings (SSSR count). The van der Waals surface area contributed by atoms with Crippen LogP contribution in [-0.4, -0.2) is 13.1 Å². The highest BCUT2D eigenvalue weighted by atomic mass is 15.2. The van der Waals surface area contributed by atoms with Gasteiger partial charge in [-0.2, -0.15) is 0 Å². The lowest BCUT2D eigenvalue weighted by Gasteiger charge is -2.47. The predicted octanol–water partition coefficient (Wildman–Crippen LogP) is 1.99. The van der Waals surface area contributed by atoms with Gasteiger partial charge >= 0.3 is 0 Å². The van der Waals surface area contributed by atoms with Gasteiger partial charge in [-0.3, -0.25) is 0 Å². The van der Waals surface area contributed by atoms with E-state index >= 15 is 0 Å². The van der Waals surface area contributed by atoms with E-state index in [0.29, 0.717) is 12.0 Å². The number of hydrogen-bond donors (Lipinski definition) is 1. The van der Waals surface area contributed by atoms with Crippen LogP contribution in [0.25, 0.3) is 0 Å². The maximum Gasteiger partial charge on any atom is 0.0369 e. The molecule has 76 valence electrons. The van der Waals surface area contributed by atoms with Crippen LogP contribution < -0.4 is 10.6 Å². The van der Waals surface area contributed by atoms with E-state index < -0.39 is 0 Å². The summed E-state index contributed by atoms with van der Waals surface area (Å²) >= 11 is 0. The van der Waals surface area contributed by atoms with Crippen LogP contribution in [0.3, 0.4) is 0 Å². The summed E-state index contributed by atoms with van der Waals surface area (Å²) in [5.41, 5.74) is 8.63. The first kappa shape index (κ1) is 9.53. The molecule has 1 aliphatic heterocycles. The first-order valence-corrected chi connectivity index (χ1v) is 5.15. The average Bonchev–Trinajstić information content (AvgIpc) is 2.14. The van der Waals surface area contributed by atoms with Crippen molar-refractivity contribution in [1.82, 2.24) is 0 Å². The van der Waals surface area contributed by atoms with E-state index in [1.165, 1.54) is 11.3 Å². The molecule has 0 aliphatic carbocycles. The molecular weight excluding hydrogens is 172 g/mol. The van der Waals surface area contributed by atoms with Crippen LogP contribution in [0.1, 0.15) is 19.4 Å². The largest absolute Gasteiger partial charge is 0.370 e. The van der Waals surface area contributed by atoms with Gasteiger partial charge in [0, 0.05) is 25.3 Å². The molecule has 1 heterocycles. The normalized spacial score (nSPS) is 19.2. The molecule has 0 spiro atoms. The van der Waals surface area contributed by atoms with E-state index in [9.17, 15) is 0 Å². The Morgan fingerprint density at radius 3 is 2.64 bits per heavy atom. The molecule has 2 nitrogen and oxygen atoms in total. The monoisotopic (exact) mass is 190 g/mol. The van der Waals surface area contributed by atoms with Crippen LogP contribution in [0.2, 0.25) is 0 Å². The van der Waals surface area contributed by atoms with E-state index in [1.54, 1.807) is 0 Å². The summed E-state index contributed by atoms with van der Waals surface area (Å²) in [5, 5.41) is 0. The van der Waals surface area contributed by atoms with E-state index in [0.717, 1.165) is 13.1 Å². The molecule has 0 bridgehead atoms. The first-order chi connectivity index (χ1) is 6.61. The zero-order valence-electron chi connectivity index (χ0n) is 8.96. The third-order valence-corrected chi connectivity index (χ3v) is 2.75. The Balaban J connectivity index is 2.11. The molecule has 1 aromatic carbocycles. The van der Waals surface area contributed by atoms with Gasteiger partial charge in [-0.1, -0.05) is 26.0 Å². The lowest BCUT2D eigenvalue weighted by molar-refractivity contribution is 0.276. The van der Waals surface area contributed by atoms with Crippen molar-refractivity contribution in [2.75, 3.05) is 18.0 Å². The maximum atomic E-state index is 5.61. The SMILES string of the molecule is CC1(C)CN(c2cccc(CN)c2)C1. The minimum absolute atomic E-state index is 0.485. The number of rotatable bonds is 2. The van der Waals surface area contributed by atoms with E-state index in [2.05, 4.69) is 43.0 Å². The molecule has 1 aromatic rings. The summed E-state index contributed by atoms with van der Waals surface area (Å²) in [6.07, 6.45) is 0. The minimum Gasteiger partial charge on any atom is -0.370 e. The molecule has 0 unspecified atom stereocenters. The smallest absolute Gasteiger partial charge is 0.0369 e. The number of nitrogens with two attached hydrogens (primary N) is 1. The Kier molecular flexibility index (Phi) is 2.23. The van der Waals surface area contributed by atoms with Gasteiger partial charge in [-0.25, -0.2) is 0 Å². The second kappa shape index (κ2) is 3.28. The maximum absolute atomic E-state index is 5.61. The Labute approximate surface area is 85.7 Å². The molecule has 14 heavy (non-hydrogen) atoms. The second-order valence-corrected chi connectivity index (χ2v) is 4.89. The molecule has 0 atom stereocenters. The molecule has 2 heteroatoms. The van der Waals surface area contributed by atoms with Gasteiger partial charge in [0.15, 0.2) is 0 Å². The zero-order valence-corrected chi connectivity index (χ0v) is 8.96. The summed E-state index contributed by atoms with van der Waals surface area (Å²) in [6, 6.07) is 8.51. The quantitative estimate of drug-likeness (QED) is 0.772. The summed E-state index contributed by atoms with van der Waals surface area (Å²) in [7, 11) is 0. The van der Waals surface area contributed by atoms with Crippen molar-refractivity contribution in [3.05, 3.63) is 29.8 Å². The van der Waals surface area contributed by atoms with Crippen LogP contribution in [0.5, 0.6) is 0 Å². The van der Waals surface area contributed by atoms with Crippen molar-refractivity contribution < 1.29 is 0 Å². The Hall–Kier alpha value is -1.02. The van der Waals surface area contributed by atoms with Crippen molar-refractivity contribution in [3.8, 4) is 0 Å². The Bertz CT molecular complexity index is 323. The third kappa shape index (κ3) is 1.75. The fourth-order valence-corrected chi connectivity index (χ4v) is 2.05. The number of anilines is 1. The van der Waals surface area contributed by atoms with Crippen LogP contribution in [-0.2, 0) is 6.54 Å². The Morgan fingerprint density at radius 2 is 2.07 bits per heavy atom. The van der Waals surface area contributed by atoms with Gasteiger partial charge in [0.05, 0.1) is 0 Å². The van der Waals surface area contributed by atoms with Crippen molar-refractivity contribution in [2.24, 2.45) is 11.1 Å². The lowest BCUT2D eigenvalue weighted by atomic mass is 9.84.